The molecule has 1 N–H and O–H groups in total. The van der Waals surface area contributed by atoms with Crippen LogP contribution in [0.3, 0.4) is 0 Å². The number of hydrogen-bond acceptors (Lipinski definition) is 5. The van der Waals surface area contributed by atoms with Crippen molar-refractivity contribution < 1.29 is 17.7 Å². The maximum Gasteiger partial charge on any atom is 0.451 e. The summed E-state index contributed by atoms with van der Waals surface area (Å²) in [5.74, 6) is -0.205. The molecular formula is C13H15F3N4O. The molecule has 21 heavy (non-hydrogen) atoms. The average Bonchev–Trinajstić information content (AvgIpc) is 2.74. The molecule has 0 saturated carbocycles. The molecule has 0 unspecified atom stereocenters. The fourth-order valence-electron chi connectivity index (χ4n) is 1.93. The molecule has 0 bridgehead atoms. The lowest BCUT2D eigenvalue weighted by molar-refractivity contribution is -0.144. The van der Waals surface area contributed by atoms with E-state index in [1.165, 1.54) is 6.07 Å². The lowest BCUT2D eigenvalue weighted by Gasteiger charge is -2.08. The Bertz CT molecular complexity index is 590. The fourth-order valence-corrected chi connectivity index (χ4v) is 1.93. The van der Waals surface area contributed by atoms with Gasteiger partial charge >= 0.3 is 6.18 Å². The molecule has 0 spiro atoms. The zero-order chi connectivity index (χ0) is 15.5. The van der Waals surface area contributed by atoms with E-state index in [0.717, 1.165) is 36.1 Å². The molecule has 0 aliphatic rings. The summed E-state index contributed by atoms with van der Waals surface area (Å²) in [5.41, 5.74) is 1.88. The van der Waals surface area contributed by atoms with E-state index in [2.05, 4.69) is 20.4 Å². The van der Waals surface area contributed by atoms with Gasteiger partial charge < -0.3 is 9.84 Å². The van der Waals surface area contributed by atoms with Crippen molar-refractivity contribution in [2.75, 3.05) is 11.9 Å². The molecule has 8 heteroatoms. The van der Waals surface area contributed by atoms with Crippen LogP contribution in [0.4, 0.5) is 19.0 Å². The van der Waals surface area contributed by atoms with Crippen molar-refractivity contribution in [3.8, 4) is 0 Å². The van der Waals surface area contributed by atoms with Crippen molar-refractivity contribution >= 4 is 5.82 Å². The van der Waals surface area contributed by atoms with Gasteiger partial charge in [-0.2, -0.15) is 13.2 Å². The third-order valence-corrected chi connectivity index (χ3v) is 3.00. The van der Waals surface area contributed by atoms with Crippen molar-refractivity contribution in [3.05, 3.63) is 35.1 Å². The van der Waals surface area contributed by atoms with E-state index in [1.807, 2.05) is 13.8 Å². The summed E-state index contributed by atoms with van der Waals surface area (Å²) in [6.45, 7) is 4.19. The first-order valence-corrected chi connectivity index (χ1v) is 6.44. The van der Waals surface area contributed by atoms with Gasteiger partial charge in [-0.25, -0.2) is 9.97 Å². The summed E-state index contributed by atoms with van der Waals surface area (Å²) < 4.78 is 42.4. The minimum Gasteiger partial charge on any atom is -0.370 e. The Morgan fingerprint density at radius 1 is 1.29 bits per heavy atom. The van der Waals surface area contributed by atoms with Gasteiger partial charge in [-0.05, 0) is 32.8 Å². The maximum absolute atomic E-state index is 12.5. The van der Waals surface area contributed by atoms with Crippen LogP contribution >= 0.6 is 0 Å². The highest BCUT2D eigenvalue weighted by Gasteiger charge is 2.34. The molecule has 0 saturated heterocycles. The Morgan fingerprint density at radius 2 is 2.05 bits per heavy atom. The van der Waals surface area contributed by atoms with E-state index in [1.54, 1.807) is 0 Å². The van der Waals surface area contributed by atoms with Crippen molar-refractivity contribution in [2.45, 2.75) is 32.9 Å². The van der Waals surface area contributed by atoms with Gasteiger partial charge in [0.15, 0.2) is 0 Å². The molecule has 0 aliphatic carbocycles. The van der Waals surface area contributed by atoms with Gasteiger partial charge in [0.1, 0.15) is 11.6 Å². The molecule has 0 aromatic carbocycles. The third kappa shape index (κ3) is 3.93. The molecular weight excluding hydrogens is 285 g/mol. The second-order valence-electron chi connectivity index (χ2n) is 4.60. The molecule has 114 valence electrons. The number of aromatic nitrogens is 3. The minimum atomic E-state index is -4.53. The van der Waals surface area contributed by atoms with Gasteiger partial charge in [-0.15, -0.1) is 0 Å². The lowest BCUT2D eigenvalue weighted by atomic mass is 10.1. The molecule has 0 atom stereocenters. The number of nitrogens with one attached hydrogen (secondary N) is 1. The average molecular weight is 300 g/mol. The van der Waals surface area contributed by atoms with Crippen LogP contribution in [0, 0.1) is 13.8 Å². The van der Waals surface area contributed by atoms with Crippen molar-refractivity contribution in [2.24, 2.45) is 0 Å². The van der Waals surface area contributed by atoms with E-state index in [4.69, 9.17) is 4.52 Å². The molecule has 2 rings (SSSR count). The van der Waals surface area contributed by atoms with Crippen LogP contribution in [-0.4, -0.2) is 21.7 Å². The van der Waals surface area contributed by atoms with Crippen LogP contribution in [0.15, 0.2) is 16.8 Å². The SMILES string of the molecule is Cc1noc(C)c1CCCNc1ccnc(C(F)(F)F)n1. The van der Waals surface area contributed by atoms with Crippen LogP contribution < -0.4 is 5.32 Å². The fraction of sp³-hybridized carbons (Fsp3) is 0.462. The summed E-state index contributed by atoms with van der Waals surface area (Å²) in [5, 5.41) is 6.71. The first-order chi connectivity index (χ1) is 9.88. The number of aryl methyl sites for hydroxylation is 2. The standard InChI is InChI=1S/C13H15F3N4O/c1-8-10(9(2)21-20-8)4-3-6-17-11-5-7-18-12(19-11)13(14,15)16/h5,7H,3-4,6H2,1-2H3,(H,17,18,19). The predicted molar refractivity (Wildman–Crippen MR) is 69.8 cm³/mol. The van der Waals surface area contributed by atoms with E-state index < -0.39 is 12.0 Å². The summed E-state index contributed by atoms with van der Waals surface area (Å²) >= 11 is 0. The molecule has 0 amide bonds. The zero-order valence-electron chi connectivity index (χ0n) is 11.7. The summed E-state index contributed by atoms with van der Waals surface area (Å²) in [6, 6.07) is 1.41. The van der Waals surface area contributed by atoms with E-state index in [-0.39, 0.29) is 5.82 Å². The van der Waals surface area contributed by atoms with Gasteiger partial charge in [-0.3, -0.25) is 0 Å². The summed E-state index contributed by atoms with van der Waals surface area (Å²) in [4.78, 5) is 6.64. The zero-order valence-corrected chi connectivity index (χ0v) is 11.7. The number of hydrogen-bond donors (Lipinski definition) is 1. The normalized spacial score (nSPS) is 11.7. The van der Waals surface area contributed by atoms with E-state index in [9.17, 15) is 13.2 Å². The maximum atomic E-state index is 12.5. The Kier molecular flexibility index (Phi) is 4.44. The second-order valence-corrected chi connectivity index (χ2v) is 4.60. The highest BCUT2D eigenvalue weighted by molar-refractivity contribution is 5.33. The lowest BCUT2D eigenvalue weighted by Crippen LogP contribution is -2.13. The molecule has 0 radical (unpaired) electrons. The predicted octanol–water partition coefficient (Wildman–Crippen LogP) is 3.14. The Morgan fingerprint density at radius 3 is 2.67 bits per heavy atom. The Hall–Kier alpha value is -2.12. The monoisotopic (exact) mass is 300 g/mol. The Labute approximate surface area is 119 Å². The molecule has 0 fully saturated rings. The van der Waals surface area contributed by atoms with E-state index in [0.29, 0.717) is 6.54 Å². The largest absolute Gasteiger partial charge is 0.451 e. The van der Waals surface area contributed by atoms with Crippen molar-refractivity contribution in [3.63, 3.8) is 0 Å². The molecule has 5 nitrogen and oxygen atoms in total. The van der Waals surface area contributed by atoms with Gasteiger partial charge in [0.2, 0.25) is 5.82 Å². The minimum absolute atomic E-state index is 0.163. The number of rotatable bonds is 5. The number of anilines is 1. The van der Waals surface area contributed by atoms with Gasteiger partial charge in [0.05, 0.1) is 5.69 Å². The van der Waals surface area contributed by atoms with Gasteiger partial charge in [0.25, 0.3) is 0 Å². The number of alkyl halides is 3. The summed E-state index contributed by atoms with van der Waals surface area (Å²) in [7, 11) is 0. The smallest absolute Gasteiger partial charge is 0.370 e. The molecule has 2 aromatic heterocycles. The van der Waals surface area contributed by atoms with Crippen LogP contribution in [0.5, 0.6) is 0 Å². The third-order valence-electron chi connectivity index (χ3n) is 3.00. The van der Waals surface area contributed by atoms with Crippen LogP contribution in [0.25, 0.3) is 0 Å². The highest BCUT2D eigenvalue weighted by Crippen LogP contribution is 2.26. The number of halogens is 3. The topological polar surface area (TPSA) is 63.8 Å². The second kappa shape index (κ2) is 6.11. The van der Waals surface area contributed by atoms with Gasteiger partial charge in [0, 0.05) is 18.3 Å². The number of nitrogens with zero attached hydrogens (tertiary/aromatic N) is 3. The van der Waals surface area contributed by atoms with Crippen molar-refractivity contribution in [1.29, 1.82) is 0 Å². The van der Waals surface area contributed by atoms with Crippen molar-refractivity contribution in [1.82, 2.24) is 15.1 Å². The van der Waals surface area contributed by atoms with Crippen LogP contribution in [-0.2, 0) is 12.6 Å². The van der Waals surface area contributed by atoms with Crippen LogP contribution in [0.1, 0.15) is 29.3 Å². The quantitative estimate of drug-likeness (QED) is 0.859. The molecule has 2 aromatic rings. The molecule has 0 aliphatic heterocycles. The van der Waals surface area contributed by atoms with E-state index >= 15 is 0 Å². The first-order valence-electron chi connectivity index (χ1n) is 6.44. The van der Waals surface area contributed by atoms with Gasteiger partial charge in [-0.1, -0.05) is 5.16 Å². The first kappa shape index (κ1) is 15.3. The van der Waals surface area contributed by atoms with Crippen LogP contribution in [0.2, 0.25) is 0 Å². The highest BCUT2D eigenvalue weighted by atomic mass is 19.4. The summed E-state index contributed by atoms with van der Waals surface area (Å²) in [6.07, 6.45) is -1.97. The Balaban J connectivity index is 1.87. The molecule has 2 heterocycles.